The number of benzene rings is 1. The van der Waals surface area contributed by atoms with Crippen LogP contribution in [0.15, 0.2) is 24.3 Å². The maximum absolute atomic E-state index is 12.1. The second kappa shape index (κ2) is 6.39. The minimum absolute atomic E-state index is 0.303. The number of aryl methyl sites for hydroxylation is 1. The van der Waals surface area contributed by atoms with Gasteiger partial charge in [-0.15, -0.1) is 0 Å². The van der Waals surface area contributed by atoms with Crippen molar-refractivity contribution in [2.45, 2.75) is 32.2 Å². The summed E-state index contributed by atoms with van der Waals surface area (Å²) in [6.07, 6.45) is 1.85. The molecule has 2 amide bonds. The number of amides is 2. The van der Waals surface area contributed by atoms with Gasteiger partial charge in [-0.05, 0) is 38.3 Å². The van der Waals surface area contributed by atoms with Crippen LogP contribution in [0.1, 0.15) is 24.8 Å². The summed E-state index contributed by atoms with van der Waals surface area (Å²) >= 11 is 0. The van der Waals surface area contributed by atoms with E-state index in [0.717, 1.165) is 16.9 Å². The van der Waals surface area contributed by atoms with Crippen molar-refractivity contribution in [2.24, 2.45) is 0 Å². The Hall–Kier alpha value is -2.37. The van der Waals surface area contributed by atoms with Gasteiger partial charge in [-0.25, -0.2) is 4.79 Å². The molecular weight excluding hydrogens is 272 g/mol. The van der Waals surface area contributed by atoms with Gasteiger partial charge in [-0.2, -0.15) is 0 Å². The first-order chi connectivity index (χ1) is 9.99. The molecular formula is C15H18N2O4. The van der Waals surface area contributed by atoms with E-state index >= 15 is 0 Å². The molecule has 0 aromatic heterocycles. The number of piperidine rings is 1. The first-order valence-electron chi connectivity index (χ1n) is 6.90. The fourth-order valence-electron chi connectivity index (χ4n) is 2.38. The fraction of sp³-hybridized carbons (Fsp3) is 0.400. The van der Waals surface area contributed by atoms with Crippen LogP contribution in [0.5, 0.6) is 0 Å². The lowest BCUT2D eigenvalue weighted by molar-refractivity contribution is -0.154. The highest BCUT2D eigenvalue weighted by Gasteiger charge is 2.34. The van der Waals surface area contributed by atoms with Crippen LogP contribution in [0.3, 0.4) is 0 Å². The zero-order valence-corrected chi connectivity index (χ0v) is 11.8. The molecule has 1 heterocycles. The van der Waals surface area contributed by atoms with Gasteiger partial charge in [0.2, 0.25) is 0 Å². The summed E-state index contributed by atoms with van der Waals surface area (Å²) < 4.78 is 0. The van der Waals surface area contributed by atoms with Crippen LogP contribution in [-0.4, -0.2) is 40.4 Å². The summed E-state index contributed by atoms with van der Waals surface area (Å²) in [6, 6.07) is 6.13. The molecule has 6 heteroatoms. The zero-order chi connectivity index (χ0) is 15.4. The van der Waals surface area contributed by atoms with E-state index in [9.17, 15) is 14.4 Å². The average Bonchev–Trinajstić information content (AvgIpc) is 2.48. The van der Waals surface area contributed by atoms with Crippen LogP contribution in [0.4, 0.5) is 5.69 Å². The molecule has 1 aromatic rings. The molecule has 112 valence electrons. The lowest BCUT2D eigenvalue weighted by Gasteiger charge is -2.32. The fourth-order valence-corrected chi connectivity index (χ4v) is 2.38. The van der Waals surface area contributed by atoms with E-state index in [1.165, 1.54) is 0 Å². The minimum atomic E-state index is -1.06. The molecule has 1 unspecified atom stereocenters. The maximum atomic E-state index is 12.1. The number of nitrogens with zero attached hydrogens (tertiary/aromatic N) is 1. The van der Waals surface area contributed by atoms with E-state index in [1.54, 1.807) is 12.1 Å². The molecule has 1 aromatic carbocycles. The van der Waals surface area contributed by atoms with Crippen molar-refractivity contribution < 1.29 is 19.5 Å². The van der Waals surface area contributed by atoms with Crippen molar-refractivity contribution in [3.05, 3.63) is 29.8 Å². The molecule has 21 heavy (non-hydrogen) atoms. The molecule has 0 spiro atoms. The number of nitrogens with one attached hydrogen (secondary N) is 1. The lowest BCUT2D eigenvalue weighted by Crippen LogP contribution is -2.51. The average molecular weight is 290 g/mol. The van der Waals surface area contributed by atoms with Crippen molar-refractivity contribution in [1.82, 2.24) is 4.90 Å². The molecule has 2 rings (SSSR count). The number of carboxylic acids is 1. The van der Waals surface area contributed by atoms with Gasteiger partial charge >= 0.3 is 17.8 Å². The molecule has 1 fully saturated rings. The van der Waals surface area contributed by atoms with Crippen molar-refractivity contribution in [3.8, 4) is 0 Å². The molecule has 0 saturated carbocycles. The third-order valence-electron chi connectivity index (χ3n) is 3.55. The van der Waals surface area contributed by atoms with Crippen LogP contribution in [0, 0.1) is 6.92 Å². The standard InChI is InChI=1S/C15H18N2O4/c1-10-5-7-11(8-6-10)16-13(18)14(19)17-9-3-2-4-12(17)15(20)21/h5-8,12H,2-4,9H2,1H3,(H,16,18)(H,20,21). The molecule has 2 N–H and O–H groups in total. The monoisotopic (exact) mass is 290 g/mol. The Balaban J connectivity index is 2.05. The van der Waals surface area contributed by atoms with E-state index in [0.29, 0.717) is 25.1 Å². The lowest BCUT2D eigenvalue weighted by atomic mass is 10.0. The normalized spacial score (nSPS) is 18.1. The Morgan fingerprint density at radius 1 is 1.19 bits per heavy atom. The van der Waals surface area contributed by atoms with Crippen LogP contribution in [0.2, 0.25) is 0 Å². The van der Waals surface area contributed by atoms with E-state index in [2.05, 4.69) is 5.32 Å². The quantitative estimate of drug-likeness (QED) is 0.806. The van der Waals surface area contributed by atoms with E-state index in [4.69, 9.17) is 5.11 Å². The second-order valence-electron chi connectivity index (χ2n) is 5.17. The van der Waals surface area contributed by atoms with E-state index < -0.39 is 23.8 Å². The Kier molecular flexibility index (Phi) is 4.57. The van der Waals surface area contributed by atoms with Crippen molar-refractivity contribution in [1.29, 1.82) is 0 Å². The van der Waals surface area contributed by atoms with E-state index in [1.807, 2.05) is 19.1 Å². The third kappa shape index (κ3) is 3.59. The van der Waals surface area contributed by atoms with Crippen LogP contribution >= 0.6 is 0 Å². The number of carboxylic acid groups (broad SMARTS) is 1. The molecule has 0 aliphatic carbocycles. The van der Waals surface area contributed by atoms with Gasteiger partial charge in [0.15, 0.2) is 0 Å². The summed E-state index contributed by atoms with van der Waals surface area (Å²) in [5.74, 6) is -2.65. The number of carbonyl (C=O) groups is 3. The molecule has 1 saturated heterocycles. The number of hydrogen-bond acceptors (Lipinski definition) is 3. The van der Waals surface area contributed by atoms with E-state index in [-0.39, 0.29) is 0 Å². The molecule has 0 bridgehead atoms. The van der Waals surface area contributed by atoms with Gasteiger partial charge in [-0.3, -0.25) is 9.59 Å². The number of carbonyl (C=O) groups excluding carboxylic acids is 2. The summed E-state index contributed by atoms with van der Waals surface area (Å²) in [5, 5.41) is 11.6. The Morgan fingerprint density at radius 3 is 2.48 bits per heavy atom. The first-order valence-corrected chi connectivity index (χ1v) is 6.90. The largest absolute Gasteiger partial charge is 0.480 e. The molecule has 6 nitrogen and oxygen atoms in total. The predicted octanol–water partition coefficient (Wildman–Crippen LogP) is 1.40. The number of likely N-dealkylation sites (tertiary alicyclic amines) is 1. The van der Waals surface area contributed by atoms with Gasteiger partial charge in [0.05, 0.1) is 0 Å². The summed E-state index contributed by atoms with van der Waals surface area (Å²) in [7, 11) is 0. The van der Waals surface area contributed by atoms with Crippen molar-refractivity contribution in [3.63, 3.8) is 0 Å². The molecule has 1 aliphatic heterocycles. The van der Waals surface area contributed by atoms with Crippen LogP contribution < -0.4 is 5.32 Å². The third-order valence-corrected chi connectivity index (χ3v) is 3.55. The van der Waals surface area contributed by atoms with Gasteiger partial charge in [-0.1, -0.05) is 17.7 Å². The Labute approximate surface area is 122 Å². The highest BCUT2D eigenvalue weighted by molar-refractivity contribution is 6.39. The van der Waals surface area contributed by atoms with Gasteiger partial charge < -0.3 is 15.3 Å². The van der Waals surface area contributed by atoms with Gasteiger partial charge in [0, 0.05) is 12.2 Å². The summed E-state index contributed by atoms with van der Waals surface area (Å²) in [6.45, 7) is 2.22. The topological polar surface area (TPSA) is 86.7 Å². The molecule has 1 atom stereocenters. The van der Waals surface area contributed by atoms with Gasteiger partial charge in [0.25, 0.3) is 0 Å². The second-order valence-corrected chi connectivity index (χ2v) is 5.17. The SMILES string of the molecule is Cc1ccc(NC(=O)C(=O)N2CCCCC2C(=O)O)cc1. The highest BCUT2D eigenvalue weighted by Crippen LogP contribution is 2.18. The van der Waals surface area contributed by atoms with Crippen molar-refractivity contribution in [2.75, 3.05) is 11.9 Å². The van der Waals surface area contributed by atoms with Crippen LogP contribution in [-0.2, 0) is 14.4 Å². The Bertz CT molecular complexity index is 553. The zero-order valence-electron chi connectivity index (χ0n) is 11.8. The number of rotatable bonds is 2. The smallest absolute Gasteiger partial charge is 0.326 e. The summed E-state index contributed by atoms with van der Waals surface area (Å²) in [4.78, 5) is 36.4. The van der Waals surface area contributed by atoms with Crippen LogP contribution in [0.25, 0.3) is 0 Å². The Morgan fingerprint density at radius 2 is 1.86 bits per heavy atom. The van der Waals surface area contributed by atoms with Crippen molar-refractivity contribution >= 4 is 23.5 Å². The summed E-state index contributed by atoms with van der Waals surface area (Å²) in [5.41, 5.74) is 1.56. The number of hydrogen-bond donors (Lipinski definition) is 2. The maximum Gasteiger partial charge on any atom is 0.326 e. The molecule has 1 aliphatic rings. The molecule has 0 radical (unpaired) electrons. The predicted molar refractivity (Wildman–Crippen MR) is 76.8 cm³/mol. The minimum Gasteiger partial charge on any atom is -0.480 e. The van der Waals surface area contributed by atoms with Gasteiger partial charge in [0.1, 0.15) is 6.04 Å². The number of anilines is 1. The number of aliphatic carboxylic acids is 1. The first kappa shape index (κ1) is 15.0. The highest BCUT2D eigenvalue weighted by atomic mass is 16.4.